The first-order valence-corrected chi connectivity index (χ1v) is 4.93. The van der Waals surface area contributed by atoms with Crippen molar-refractivity contribution in [3.05, 3.63) is 48.6 Å². The summed E-state index contributed by atoms with van der Waals surface area (Å²) >= 11 is 0. The van der Waals surface area contributed by atoms with Crippen LogP contribution in [0.2, 0.25) is 0 Å². The predicted molar refractivity (Wildman–Crippen MR) is 64.6 cm³/mol. The van der Waals surface area contributed by atoms with Crippen molar-refractivity contribution < 1.29 is 0 Å². The quantitative estimate of drug-likeness (QED) is 0.611. The van der Waals surface area contributed by atoms with E-state index in [9.17, 15) is 0 Å². The molecule has 3 rings (SSSR count). The number of allylic oxidation sites excluding steroid dienone is 3. The fourth-order valence-corrected chi connectivity index (χ4v) is 1.79. The Morgan fingerprint density at radius 3 is 2.93 bits per heavy atom. The summed E-state index contributed by atoms with van der Waals surface area (Å²) in [5.41, 5.74) is 1.19. The van der Waals surface area contributed by atoms with E-state index in [1.165, 1.54) is 10.9 Å². The minimum absolute atomic E-state index is 0.969. The van der Waals surface area contributed by atoms with E-state index in [0.717, 1.165) is 5.82 Å². The van der Waals surface area contributed by atoms with E-state index in [2.05, 4.69) is 27.8 Å². The zero-order chi connectivity index (χ0) is 10.1. The molecule has 0 spiro atoms. The van der Waals surface area contributed by atoms with Crippen molar-refractivity contribution in [1.82, 2.24) is 4.57 Å². The molecule has 0 saturated heterocycles. The molecule has 15 heavy (non-hydrogen) atoms. The lowest BCUT2D eigenvalue weighted by atomic mass is 10.2. The van der Waals surface area contributed by atoms with Crippen LogP contribution in [-0.2, 0) is 0 Å². The van der Waals surface area contributed by atoms with Gasteiger partial charge < -0.3 is 4.57 Å². The highest BCUT2D eigenvalue weighted by molar-refractivity contribution is 5.88. The van der Waals surface area contributed by atoms with E-state index in [1.807, 2.05) is 42.8 Å². The molecule has 2 heterocycles. The van der Waals surface area contributed by atoms with Crippen molar-refractivity contribution in [2.24, 2.45) is 4.99 Å². The van der Waals surface area contributed by atoms with Crippen LogP contribution in [0.15, 0.2) is 53.6 Å². The van der Waals surface area contributed by atoms with E-state index in [4.69, 9.17) is 0 Å². The number of fused-ring (bicyclic) bond motifs is 3. The van der Waals surface area contributed by atoms with Gasteiger partial charge in [-0.25, -0.2) is 4.99 Å². The maximum Gasteiger partial charge on any atom is 0.137 e. The number of aliphatic imine (C=N–C) groups is 1. The average molecular weight is 194 g/mol. The van der Waals surface area contributed by atoms with E-state index >= 15 is 0 Å². The molecule has 2 nitrogen and oxygen atoms in total. The normalized spacial score (nSPS) is 13.9. The topological polar surface area (TPSA) is 17.3 Å². The molecule has 0 aliphatic carbocycles. The lowest BCUT2D eigenvalue weighted by Gasteiger charge is -2.01. The third-order valence-corrected chi connectivity index (χ3v) is 2.48. The van der Waals surface area contributed by atoms with Crippen molar-refractivity contribution in [2.75, 3.05) is 0 Å². The molecule has 0 amide bonds. The van der Waals surface area contributed by atoms with Crippen LogP contribution in [0.4, 0.5) is 5.82 Å². The number of hydrogen-bond acceptors (Lipinski definition) is 1. The van der Waals surface area contributed by atoms with Gasteiger partial charge in [0.1, 0.15) is 5.82 Å². The van der Waals surface area contributed by atoms with Gasteiger partial charge in [0.05, 0.1) is 5.52 Å². The van der Waals surface area contributed by atoms with Crippen molar-refractivity contribution in [3.63, 3.8) is 0 Å². The lowest BCUT2D eigenvalue weighted by molar-refractivity contribution is 1.20. The SMILES string of the molecule is C1=CC=Nc2cc3ccccc3n2C=C1. The highest BCUT2D eigenvalue weighted by Gasteiger charge is 2.04. The Balaban J connectivity index is 2.36. The predicted octanol–water partition coefficient (Wildman–Crippen LogP) is 3.38. The maximum atomic E-state index is 4.38. The second-order valence-electron chi connectivity index (χ2n) is 3.44. The molecule has 2 aromatic rings. The summed E-state index contributed by atoms with van der Waals surface area (Å²) in [6.45, 7) is 0. The van der Waals surface area contributed by atoms with Crippen molar-refractivity contribution in [2.45, 2.75) is 0 Å². The van der Waals surface area contributed by atoms with Gasteiger partial charge in [-0.15, -0.1) is 0 Å². The number of rotatable bonds is 0. The van der Waals surface area contributed by atoms with Crippen LogP contribution in [0.25, 0.3) is 17.1 Å². The fourth-order valence-electron chi connectivity index (χ4n) is 1.79. The number of para-hydroxylation sites is 1. The number of benzene rings is 1. The van der Waals surface area contributed by atoms with Crippen LogP contribution in [-0.4, -0.2) is 10.8 Å². The van der Waals surface area contributed by atoms with Crippen LogP contribution in [0, 0.1) is 0 Å². The maximum absolute atomic E-state index is 4.38. The summed E-state index contributed by atoms with van der Waals surface area (Å²) in [5, 5.41) is 1.22. The van der Waals surface area contributed by atoms with Crippen molar-refractivity contribution in [3.8, 4) is 0 Å². The largest absolute Gasteiger partial charge is 0.301 e. The lowest BCUT2D eigenvalue weighted by Crippen LogP contribution is -1.85. The number of aromatic nitrogens is 1. The summed E-state index contributed by atoms with van der Waals surface area (Å²) in [5.74, 6) is 0.969. The second-order valence-corrected chi connectivity index (χ2v) is 3.44. The molecular weight excluding hydrogens is 184 g/mol. The van der Waals surface area contributed by atoms with Gasteiger partial charge in [0.2, 0.25) is 0 Å². The van der Waals surface area contributed by atoms with Crippen LogP contribution in [0.3, 0.4) is 0 Å². The minimum Gasteiger partial charge on any atom is -0.301 e. The van der Waals surface area contributed by atoms with Gasteiger partial charge in [-0.1, -0.05) is 24.3 Å². The molecule has 0 N–H and O–H groups in total. The average Bonchev–Trinajstić information content (AvgIpc) is 2.55. The van der Waals surface area contributed by atoms with Gasteiger partial charge in [-0.2, -0.15) is 0 Å². The Bertz CT molecular complexity index is 586. The summed E-state index contributed by atoms with van der Waals surface area (Å²) in [4.78, 5) is 4.38. The molecule has 0 fully saturated rings. The minimum atomic E-state index is 0.969. The molecule has 72 valence electrons. The molecule has 2 heteroatoms. The second kappa shape index (κ2) is 3.24. The van der Waals surface area contributed by atoms with Gasteiger partial charge in [0.15, 0.2) is 0 Å². The van der Waals surface area contributed by atoms with Gasteiger partial charge >= 0.3 is 0 Å². The summed E-state index contributed by atoms with van der Waals surface area (Å²) in [7, 11) is 0. The van der Waals surface area contributed by atoms with E-state index in [1.54, 1.807) is 0 Å². The number of hydrogen-bond donors (Lipinski definition) is 0. The summed E-state index contributed by atoms with van der Waals surface area (Å²) in [6.07, 6.45) is 9.76. The molecule has 0 saturated carbocycles. The third kappa shape index (κ3) is 1.31. The van der Waals surface area contributed by atoms with E-state index in [0.29, 0.717) is 0 Å². The Labute approximate surface area is 87.9 Å². The Morgan fingerprint density at radius 2 is 1.93 bits per heavy atom. The Morgan fingerprint density at radius 1 is 1.00 bits per heavy atom. The fraction of sp³-hybridized carbons (Fsp3) is 0. The molecule has 1 aromatic heterocycles. The van der Waals surface area contributed by atoms with Crippen LogP contribution in [0.5, 0.6) is 0 Å². The van der Waals surface area contributed by atoms with E-state index < -0.39 is 0 Å². The summed E-state index contributed by atoms with van der Waals surface area (Å²) in [6, 6.07) is 10.4. The Kier molecular flexibility index (Phi) is 1.78. The molecule has 0 bridgehead atoms. The van der Waals surface area contributed by atoms with Crippen LogP contribution >= 0.6 is 0 Å². The number of nitrogens with zero attached hydrogens (tertiary/aromatic N) is 2. The zero-order valence-electron chi connectivity index (χ0n) is 8.17. The van der Waals surface area contributed by atoms with E-state index in [-0.39, 0.29) is 0 Å². The molecule has 1 aliphatic rings. The smallest absolute Gasteiger partial charge is 0.137 e. The first-order valence-electron chi connectivity index (χ1n) is 4.93. The van der Waals surface area contributed by atoms with Crippen molar-refractivity contribution >= 4 is 29.1 Å². The molecule has 1 aliphatic heterocycles. The first kappa shape index (κ1) is 8.24. The third-order valence-electron chi connectivity index (χ3n) is 2.48. The first-order chi connectivity index (χ1) is 7.45. The van der Waals surface area contributed by atoms with Crippen LogP contribution < -0.4 is 0 Å². The molecule has 1 aromatic carbocycles. The Hall–Kier alpha value is -2.09. The summed E-state index contributed by atoms with van der Waals surface area (Å²) < 4.78 is 2.09. The monoisotopic (exact) mass is 194 g/mol. The highest BCUT2D eigenvalue weighted by atomic mass is 15.1. The van der Waals surface area contributed by atoms with Crippen LogP contribution in [0.1, 0.15) is 0 Å². The molecule has 0 radical (unpaired) electrons. The molecular formula is C13H10N2. The van der Waals surface area contributed by atoms with Crippen molar-refractivity contribution in [1.29, 1.82) is 0 Å². The van der Waals surface area contributed by atoms with Gasteiger partial charge in [-0.05, 0) is 24.3 Å². The van der Waals surface area contributed by atoms with Gasteiger partial charge in [-0.3, -0.25) is 0 Å². The van der Waals surface area contributed by atoms with Gasteiger partial charge in [0.25, 0.3) is 0 Å². The molecule has 0 unspecified atom stereocenters. The zero-order valence-corrected chi connectivity index (χ0v) is 8.17. The standard InChI is InChI=1S/C13H10N2/c1-4-8-14-13-10-11-6-2-3-7-12(11)15(13)9-5-1/h1-10H. The highest BCUT2D eigenvalue weighted by Crippen LogP contribution is 2.26. The van der Waals surface area contributed by atoms with Gasteiger partial charge in [0, 0.05) is 17.8 Å². The molecule has 0 atom stereocenters.